The molecule has 6 nitrogen and oxygen atoms in total. The molecule has 166 valence electrons. The van der Waals surface area contributed by atoms with Crippen molar-refractivity contribution in [3.8, 4) is 5.75 Å². The van der Waals surface area contributed by atoms with Crippen LogP contribution in [0.5, 0.6) is 5.75 Å². The van der Waals surface area contributed by atoms with Crippen molar-refractivity contribution in [3.63, 3.8) is 0 Å². The number of para-hydroxylation sites is 1. The Morgan fingerprint density at radius 2 is 1.76 bits per heavy atom. The predicted molar refractivity (Wildman–Crippen MR) is 123 cm³/mol. The van der Waals surface area contributed by atoms with Crippen molar-refractivity contribution in [2.75, 3.05) is 30.0 Å². The van der Waals surface area contributed by atoms with Crippen LogP contribution in [0, 0.1) is 5.82 Å². The Balaban J connectivity index is 1.72. The molecule has 1 fully saturated rings. The molecule has 5 rings (SSSR count). The highest BCUT2D eigenvalue weighted by molar-refractivity contribution is 6.51. The number of rotatable bonds is 3. The molecule has 1 amide bonds. The first kappa shape index (κ1) is 20.8. The van der Waals surface area contributed by atoms with Gasteiger partial charge in [0.2, 0.25) is 0 Å². The van der Waals surface area contributed by atoms with Crippen molar-refractivity contribution in [3.05, 3.63) is 95.3 Å². The molecule has 0 spiro atoms. The second-order valence-corrected chi connectivity index (χ2v) is 7.98. The van der Waals surface area contributed by atoms with Gasteiger partial charge in [-0.3, -0.25) is 14.5 Å². The van der Waals surface area contributed by atoms with E-state index in [1.54, 1.807) is 54.6 Å². The number of aliphatic hydroxyl groups excluding tert-OH is 1. The molecular formula is C26H21FN2O4. The average molecular weight is 444 g/mol. The third-order valence-corrected chi connectivity index (χ3v) is 6.01. The molecule has 0 radical (unpaired) electrons. The minimum atomic E-state index is -1.11. The summed E-state index contributed by atoms with van der Waals surface area (Å²) in [6, 6.07) is 18.5. The lowest BCUT2D eigenvalue weighted by molar-refractivity contribution is -0.132. The van der Waals surface area contributed by atoms with Gasteiger partial charge in [0.15, 0.2) is 0 Å². The van der Waals surface area contributed by atoms with E-state index in [1.807, 2.05) is 11.9 Å². The van der Waals surface area contributed by atoms with Gasteiger partial charge in [-0.15, -0.1) is 0 Å². The first-order valence-corrected chi connectivity index (χ1v) is 10.6. The van der Waals surface area contributed by atoms with Crippen LogP contribution >= 0.6 is 0 Å². The van der Waals surface area contributed by atoms with E-state index in [0.717, 1.165) is 5.69 Å². The number of hydrogen-bond donors (Lipinski definition) is 1. The van der Waals surface area contributed by atoms with Crippen molar-refractivity contribution in [1.29, 1.82) is 0 Å². The van der Waals surface area contributed by atoms with Crippen LogP contribution in [-0.4, -0.2) is 37.0 Å². The fraction of sp³-hybridized carbons (Fsp3) is 0.154. The molecule has 2 aliphatic heterocycles. The number of aliphatic hydroxyl groups is 1. The third-order valence-electron chi connectivity index (χ3n) is 6.01. The van der Waals surface area contributed by atoms with Gasteiger partial charge in [-0.25, -0.2) is 4.39 Å². The van der Waals surface area contributed by atoms with Gasteiger partial charge in [0.25, 0.3) is 11.7 Å². The van der Waals surface area contributed by atoms with E-state index in [2.05, 4.69) is 0 Å². The molecule has 2 aliphatic rings. The van der Waals surface area contributed by atoms with Crippen LogP contribution in [-0.2, 0) is 9.59 Å². The van der Waals surface area contributed by atoms with Crippen LogP contribution in [0.25, 0.3) is 5.76 Å². The SMILES string of the molecule is CN1CCOc2ccc(/C(O)=C3\C(=O)C(=O)N(c4ccccc4)C3c3ccccc3F)cc21. The molecule has 7 heteroatoms. The predicted octanol–water partition coefficient (Wildman–Crippen LogP) is 4.28. The number of ether oxygens (including phenoxy) is 1. The van der Waals surface area contributed by atoms with Crippen molar-refractivity contribution in [2.45, 2.75) is 6.04 Å². The zero-order chi connectivity index (χ0) is 23.1. The molecule has 1 atom stereocenters. The highest BCUT2D eigenvalue weighted by atomic mass is 19.1. The molecule has 1 unspecified atom stereocenters. The maximum atomic E-state index is 14.9. The first-order chi connectivity index (χ1) is 16.0. The molecule has 3 aromatic rings. The van der Waals surface area contributed by atoms with Crippen LogP contribution in [0.4, 0.5) is 15.8 Å². The van der Waals surface area contributed by atoms with Crippen LogP contribution < -0.4 is 14.5 Å². The second-order valence-electron chi connectivity index (χ2n) is 7.98. The fourth-order valence-electron chi connectivity index (χ4n) is 4.33. The number of carbonyl (C=O) groups excluding carboxylic acids is 2. The Morgan fingerprint density at radius 1 is 1.03 bits per heavy atom. The number of hydrogen-bond acceptors (Lipinski definition) is 5. The Labute approximate surface area is 190 Å². The van der Waals surface area contributed by atoms with E-state index in [9.17, 15) is 19.1 Å². The van der Waals surface area contributed by atoms with E-state index >= 15 is 0 Å². The van der Waals surface area contributed by atoms with Crippen molar-refractivity contribution in [1.82, 2.24) is 0 Å². The van der Waals surface area contributed by atoms with E-state index in [1.165, 1.54) is 23.1 Å². The van der Waals surface area contributed by atoms with E-state index in [0.29, 0.717) is 30.2 Å². The number of amides is 1. The van der Waals surface area contributed by atoms with Crippen molar-refractivity contribution in [2.24, 2.45) is 0 Å². The Hall–Kier alpha value is -4.13. The van der Waals surface area contributed by atoms with E-state index < -0.39 is 23.5 Å². The molecule has 1 N–H and O–H groups in total. The van der Waals surface area contributed by atoms with Gasteiger partial charge in [0.05, 0.1) is 23.8 Å². The number of carbonyl (C=O) groups is 2. The molecule has 0 saturated carbocycles. The Kier molecular flexibility index (Phi) is 5.09. The van der Waals surface area contributed by atoms with E-state index in [4.69, 9.17) is 4.74 Å². The Bertz CT molecular complexity index is 1290. The summed E-state index contributed by atoms with van der Waals surface area (Å²) in [5.41, 5.74) is 1.50. The van der Waals surface area contributed by atoms with Gasteiger partial charge in [-0.05, 0) is 36.4 Å². The molecule has 1 saturated heterocycles. The van der Waals surface area contributed by atoms with E-state index in [-0.39, 0.29) is 16.9 Å². The lowest BCUT2D eigenvalue weighted by Gasteiger charge is -2.28. The normalized spacial score (nSPS) is 19.4. The summed E-state index contributed by atoms with van der Waals surface area (Å²) in [7, 11) is 1.90. The Morgan fingerprint density at radius 3 is 2.52 bits per heavy atom. The summed E-state index contributed by atoms with van der Waals surface area (Å²) in [4.78, 5) is 29.5. The van der Waals surface area contributed by atoms with Crippen LogP contribution in [0.3, 0.4) is 0 Å². The van der Waals surface area contributed by atoms with Crippen LogP contribution in [0.1, 0.15) is 17.2 Å². The van der Waals surface area contributed by atoms with Crippen molar-refractivity contribution >= 4 is 28.8 Å². The maximum absolute atomic E-state index is 14.9. The second kappa shape index (κ2) is 8.09. The van der Waals surface area contributed by atoms with Gasteiger partial charge in [0, 0.05) is 23.9 Å². The number of ketones is 1. The fourth-order valence-corrected chi connectivity index (χ4v) is 4.33. The summed E-state index contributed by atoms with van der Waals surface area (Å²) >= 11 is 0. The standard InChI is InChI=1S/C26H21FN2O4/c1-28-13-14-33-21-12-11-16(15-20(21)28)24(30)22-23(18-9-5-6-10-19(18)27)29(26(32)25(22)31)17-7-3-2-4-8-17/h2-12,15,23,30H,13-14H2,1H3/b24-22+. The summed E-state index contributed by atoms with van der Waals surface area (Å²) in [6.45, 7) is 1.22. The minimum Gasteiger partial charge on any atom is -0.507 e. The maximum Gasteiger partial charge on any atom is 0.300 e. The highest BCUT2D eigenvalue weighted by Gasteiger charge is 2.47. The molecular weight excluding hydrogens is 423 g/mol. The third kappa shape index (κ3) is 3.42. The number of nitrogens with zero attached hydrogens (tertiary/aromatic N) is 2. The zero-order valence-electron chi connectivity index (χ0n) is 17.9. The van der Waals surface area contributed by atoms with Crippen molar-refractivity contribution < 1.29 is 23.8 Å². The largest absolute Gasteiger partial charge is 0.507 e. The minimum absolute atomic E-state index is 0.125. The molecule has 33 heavy (non-hydrogen) atoms. The lowest BCUT2D eigenvalue weighted by atomic mass is 9.94. The molecule has 2 heterocycles. The number of benzene rings is 3. The monoisotopic (exact) mass is 444 g/mol. The summed E-state index contributed by atoms with van der Waals surface area (Å²) < 4.78 is 20.6. The summed E-state index contributed by atoms with van der Waals surface area (Å²) in [6.07, 6.45) is 0. The van der Waals surface area contributed by atoms with Gasteiger partial charge in [-0.1, -0.05) is 36.4 Å². The summed E-state index contributed by atoms with van der Waals surface area (Å²) in [5.74, 6) is -1.96. The van der Waals surface area contributed by atoms with Gasteiger partial charge in [-0.2, -0.15) is 0 Å². The molecule has 0 bridgehead atoms. The molecule has 3 aromatic carbocycles. The number of Topliss-reactive ketones (excluding diaryl/α,β-unsaturated/α-hetero) is 1. The zero-order valence-corrected chi connectivity index (χ0v) is 17.9. The van der Waals surface area contributed by atoms with Gasteiger partial charge < -0.3 is 14.7 Å². The van der Waals surface area contributed by atoms with Crippen LogP contribution in [0.2, 0.25) is 0 Å². The lowest BCUT2D eigenvalue weighted by Crippen LogP contribution is -2.29. The van der Waals surface area contributed by atoms with Crippen LogP contribution in [0.15, 0.2) is 78.4 Å². The quantitative estimate of drug-likeness (QED) is 0.371. The number of anilines is 2. The van der Waals surface area contributed by atoms with Gasteiger partial charge in [0.1, 0.15) is 23.9 Å². The molecule has 0 aliphatic carbocycles. The summed E-state index contributed by atoms with van der Waals surface area (Å²) in [5, 5.41) is 11.3. The number of halogens is 1. The average Bonchev–Trinajstić information content (AvgIpc) is 3.10. The number of likely N-dealkylation sites (N-methyl/N-ethyl adjacent to an activating group) is 1. The topological polar surface area (TPSA) is 70.1 Å². The highest BCUT2D eigenvalue weighted by Crippen LogP contribution is 2.43. The van der Waals surface area contributed by atoms with Gasteiger partial charge >= 0.3 is 0 Å². The smallest absolute Gasteiger partial charge is 0.300 e. The molecule has 0 aromatic heterocycles. The first-order valence-electron chi connectivity index (χ1n) is 10.6. The number of fused-ring (bicyclic) bond motifs is 1.